The Hall–Kier alpha value is -0.460. The summed E-state index contributed by atoms with van der Waals surface area (Å²) in [4.78, 5) is 2.30. The highest BCUT2D eigenvalue weighted by Crippen LogP contribution is 2.32. The van der Waals surface area contributed by atoms with Gasteiger partial charge in [-0.15, -0.1) is 0 Å². The lowest BCUT2D eigenvalue weighted by molar-refractivity contribution is 0.395. The highest BCUT2D eigenvalue weighted by atomic mass is 15.1. The summed E-state index contributed by atoms with van der Waals surface area (Å²) in [6.07, 6.45) is 2.65. The van der Waals surface area contributed by atoms with E-state index in [2.05, 4.69) is 32.4 Å². The molecule has 11 heavy (non-hydrogen) atoms. The molecule has 0 saturated carbocycles. The Morgan fingerprint density at radius 1 is 1.64 bits per heavy atom. The summed E-state index contributed by atoms with van der Waals surface area (Å²) < 4.78 is 0. The molecule has 1 aliphatic rings. The second kappa shape index (κ2) is 3.29. The third kappa shape index (κ3) is 1.58. The number of hydrogen-bond acceptors (Lipinski definition) is 1. The molecule has 64 valence electrons. The van der Waals surface area contributed by atoms with Crippen molar-refractivity contribution in [1.29, 1.82) is 0 Å². The molecule has 1 heteroatoms. The molecule has 0 aromatic rings. The molecule has 0 aliphatic carbocycles. The van der Waals surface area contributed by atoms with Gasteiger partial charge in [0.15, 0.2) is 0 Å². The van der Waals surface area contributed by atoms with Crippen LogP contribution in [0.3, 0.4) is 0 Å². The predicted octanol–water partition coefficient (Wildman–Crippen LogP) is 2.50. The van der Waals surface area contributed by atoms with Crippen LogP contribution >= 0.6 is 0 Å². The van der Waals surface area contributed by atoms with Crippen molar-refractivity contribution in [2.24, 2.45) is 11.8 Å². The quantitative estimate of drug-likeness (QED) is 0.589. The van der Waals surface area contributed by atoms with Gasteiger partial charge in [-0.25, -0.2) is 0 Å². The molecule has 0 spiro atoms. The molecule has 1 heterocycles. The summed E-state index contributed by atoms with van der Waals surface area (Å²) in [7, 11) is 2.15. The van der Waals surface area contributed by atoms with Crippen LogP contribution in [0.1, 0.15) is 26.7 Å². The first-order valence-corrected chi connectivity index (χ1v) is 4.56. The van der Waals surface area contributed by atoms with Crippen LogP contribution in [0.2, 0.25) is 0 Å². The van der Waals surface area contributed by atoms with Gasteiger partial charge in [-0.1, -0.05) is 26.8 Å². The molecule has 1 fully saturated rings. The van der Waals surface area contributed by atoms with Gasteiger partial charge in [-0.2, -0.15) is 0 Å². The van der Waals surface area contributed by atoms with Crippen LogP contribution in [0.15, 0.2) is 12.3 Å². The first-order valence-electron chi connectivity index (χ1n) is 4.56. The molecule has 0 N–H and O–H groups in total. The fourth-order valence-electron chi connectivity index (χ4n) is 1.96. The Morgan fingerprint density at radius 3 is 2.64 bits per heavy atom. The summed E-state index contributed by atoms with van der Waals surface area (Å²) in [5, 5.41) is 0. The lowest BCUT2D eigenvalue weighted by atomic mass is 9.92. The van der Waals surface area contributed by atoms with Gasteiger partial charge in [0, 0.05) is 19.3 Å². The number of likely N-dealkylation sites (tertiary alicyclic amines) is 1. The first kappa shape index (κ1) is 8.63. The molecule has 0 radical (unpaired) electrons. The van der Waals surface area contributed by atoms with E-state index < -0.39 is 0 Å². The maximum atomic E-state index is 4.07. The summed E-state index contributed by atoms with van der Waals surface area (Å²) in [6, 6.07) is 0. The normalized spacial score (nSPS) is 31.5. The minimum atomic E-state index is 0.708. The maximum absolute atomic E-state index is 4.07. The highest BCUT2D eigenvalue weighted by molar-refractivity contribution is 5.06. The predicted molar refractivity (Wildman–Crippen MR) is 49.3 cm³/mol. The Morgan fingerprint density at radius 2 is 2.27 bits per heavy atom. The summed E-state index contributed by atoms with van der Waals surface area (Å²) in [5.41, 5.74) is 1.32. The molecule has 1 rings (SSSR count). The number of nitrogens with zero attached hydrogens (tertiary/aromatic N) is 1. The lowest BCUT2D eigenvalue weighted by Crippen LogP contribution is -2.12. The largest absolute Gasteiger partial charge is 0.378 e. The molecule has 1 nitrogen and oxygen atoms in total. The Balaban J connectivity index is 2.52. The average molecular weight is 153 g/mol. The van der Waals surface area contributed by atoms with Crippen LogP contribution < -0.4 is 0 Å². The van der Waals surface area contributed by atoms with Crippen molar-refractivity contribution in [3.05, 3.63) is 12.3 Å². The Kier molecular flexibility index (Phi) is 2.58. The molecule has 2 atom stereocenters. The van der Waals surface area contributed by atoms with Gasteiger partial charge in [-0.3, -0.25) is 0 Å². The first-order chi connectivity index (χ1) is 5.16. The van der Waals surface area contributed by atoms with E-state index in [1.807, 2.05) is 0 Å². The van der Waals surface area contributed by atoms with Gasteiger partial charge < -0.3 is 4.90 Å². The van der Waals surface area contributed by atoms with E-state index >= 15 is 0 Å². The van der Waals surface area contributed by atoms with E-state index in [0.29, 0.717) is 5.92 Å². The third-order valence-electron chi connectivity index (χ3n) is 2.89. The fraction of sp³-hybridized carbons (Fsp3) is 0.800. The van der Waals surface area contributed by atoms with Gasteiger partial charge in [-0.05, 0) is 18.3 Å². The van der Waals surface area contributed by atoms with E-state index in [1.54, 1.807) is 0 Å². The Labute approximate surface area is 70.1 Å². The zero-order chi connectivity index (χ0) is 8.43. The minimum absolute atomic E-state index is 0.708. The van der Waals surface area contributed by atoms with Gasteiger partial charge in [0.05, 0.1) is 0 Å². The minimum Gasteiger partial charge on any atom is -0.378 e. The number of allylic oxidation sites excluding steroid dienone is 1. The summed E-state index contributed by atoms with van der Waals surface area (Å²) in [5.74, 6) is 1.57. The van der Waals surface area contributed by atoms with E-state index in [1.165, 1.54) is 25.1 Å². The van der Waals surface area contributed by atoms with Gasteiger partial charge >= 0.3 is 0 Å². The van der Waals surface area contributed by atoms with E-state index in [4.69, 9.17) is 0 Å². The van der Waals surface area contributed by atoms with Crippen molar-refractivity contribution >= 4 is 0 Å². The van der Waals surface area contributed by atoms with E-state index in [9.17, 15) is 0 Å². The molecular weight excluding hydrogens is 134 g/mol. The molecule has 1 saturated heterocycles. The summed E-state index contributed by atoms with van der Waals surface area (Å²) >= 11 is 0. The van der Waals surface area contributed by atoms with Gasteiger partial charge in [0.25, 0.3) is 0 Å². The van der Waals surface area contributed by atoms with Crippen LogP contribution in [0.5, 0.6) is 0 Å². The van der Waals surface area contributed by atoms with E-state index in [0.717, 1.165) is 5.92 Å². The van der Waals surface area contributed by atoms with Crippen LogP contribution in [-0.2, 0) is 0 Å². The molecule has 0 amide bonds. The molecule has 2 unspecified atom stereocenters. The SMILES string of the molecule is C=C1C(C)C(CCC)CN1C. The Bertz CT molecular complexity index is 151. The summed E-state index contributed by atoms with van der Waals surface area (Å²) in [6.45, 7) is 9.85. The van der Waals surface area contributed by atoms with Gasteiger partial charge in [0.2, 0.25) is 0 Å². The highest BCUT2D eigenvalue weighted by Gasteiger charge is 2.29. The van der Waals surface area contributed by atoms with Crippen LogP contribution in [-0.4, -0.2) is 18.5 Å². The van der Waals surface area contributed by atoms with Crippen LogP contribution in [0.4, 0.5) is 0 Å². The average Bonchev–Trinajstić information content (AvgIpc) is 2.19. The topological polar surface area (TPSA) is 3.24 Å². The smallest absolute Gasteiger partial charge is 0.0206 e. The zero-order valence-electron chi connectivity index (χ0n) is 7.93. The number of hydrogen-bond donors (Lipinski definition) is 0. The van der Waals surface area contributed by atoms with Crippen molar-refractivity contribution in [3.8, 4) is 0 Å². The molecular formula is C10H19N. The zero-order valence-corrected chi connectivity index (χ0v) is 7.93. The van der Waals surface area contributed by atoms with Crippen LogP contribution in [0.25, 0.3) is 0 Å². The standard InChI is InChI=1S/C10H19N/c1-5-6-10-7-11(4)9(3)8(10)2/h8,10H,3,5-7H2,1-2,4H3. The molecule has 1 aliphatic heterocycles. The fourth-order valence-corrected chi connectivity index (χ4v) is 1.96. The van der Waals surface area contributed by atoms with Crippen molar-refractivity contribution < 1.29 is 0 Å². The number of rotatable bonds is 2. The van der Waals surface area contributed by atoms with E-state index in [-0.39, 0.29) is 0 Å². The monoisotopic (exact) mass is 153 g/mol. The second-order valence-electron chi connectivity index (χ2n) is 3.71. The van der Waals surface area contributed by atoms with Gasteiger partial charge in [0.1, 0.15) is 0 Å². The van der Waals surface area contributed by atoms with Crippen molar-refractivity contribution in [2.45, 2.75) is 26.7 Å². The third-order valence-corrected chi connectivity index (χ3v) is 2.89. The lowest BCUT2D eigenvalue weighted by Gasteiger charge is -2.12. The molecule has 0 aromatic carbocycles. The molecule has 0 aromatic heterocycles. The van der Waals surface area contributed by atoms with Crippen molar-refractivity contribution in [1.82, 2.24) is 4.90 Å². The van der Waals surface area contributed by atoms with Crippen LogP contribution in [0, 0.1) is 11.8 Å². The second-order valence-corrected chi connectivity index (χ2v) is 3.71. The van der Waals surface area contributed by atoms with Crippen molar-refractivity contribution in [3.63, 3.8) is 0 Å². The maximum Gasteiger partial charge on any atom is 0.0206 e. The van der Waals surface area contributed by atoms with Crippen molar-refractivity contribution in [2.75, 3.05) is 13.6 Å². The molecule has 0 bridgehead atoms.